The Morgan fingerprint density at radius 1 is 1.30 bits per heavy atom. The molecule has 1 fully saturated rings. The van der Waals surface area contributed by atoms with E-state index < -0.39 is 0 Å². The van der Waals surface area contributed by atoms with E-state index in [0.717, 1.165) is 24.2 Å². The van der Waals surface area contributed by atoms with Gasteiger partial charge in [-0.1, -0.05) is 0 Å². The summed E-state index contributed by atoms with van der Waals surface area (Å²) in [5.41, 5.74) is 0.976. The van der Waals surface area contributed by atoms with Crippen LogP contribution in [0.3, 0.4) is 0 Å². The molecule has 2 aromatic rings. The summed E-state index contributed by atoms with van der Waals surface area (Å²) in [5, 5.41) is 7.96. The van der Waals surface area contributed by atoms with Gasteiger partial charge in [0.2, 0.25) is 5.28 Å². The molecule has 1 saturated carbocycles. The SMILES string of the molecule is CN(C)[C@H]1CC[C@H](Nc2nc(Cl)nn3cccc23)CC1. The van der Waals surface area contributed by atoms with Crippen LogP contribution in [-0.2, 0) is 0 Å². The van der Waals surface area contributed by atoms with Crippen LogP contribution in [0.2, 0.25) is 5.28 Å². The Labute approximate surface area is 123 Å². The van der Waals surface area contributed by atoms with E-state index in [4.69, 9.17) is 11.6 Å². The molecular weight excluding hydrogens is 274 g/mol. The molecular formula is C14H20ClN5. The number of anilines is 1. The number of hydrogen-bond donors (Lipinski definition) is 1. The summed E-state index contributed by atoms with van der Waals surface area (Å²) in [5.74, 6) is 0.836. The molecule has 0 aromatic carbocycles. The minimum atomic E-state index is 0.276. The number of rotatable bonds is 3. The third-order valence-electron chi connectivity index (χ3n) is 4.13. The van der Waals surface area contributed by atoms with Crippen LogP contribution >= 0.6 is 11.6 Å². The van der Waals surface area contributed by atoms with E-state index in [1.54, 1.807) is 4.52 Å². The predicted molar refractivity (Wildman–Crippen MR) is 81.4 cm³/mol. The van der Waals surface area contributed by atoms with Crippen molar-refractivity contribution in [3.8, 4) is 0 Å². The van der Waals surface area contributed by atoms with E-state index in [9.17, 15) is 0 Å². The minimum Gasteiger partial charge on any atom is -0.365 e. The van der Waals surface area contributed by atoms with Gasteiger partial charge in [0.1, 0.15) is 5.52 Å². The Bertz CT molecular complexity index is 586. The summed E-state index contributed by atoms with van der Waals surface area (Å²) in [6.07, 6.45) is 6.66. The molecule has 0 radical (unpaired) electrons. The number of hydrogen-bond acceptors (Lipinski definition) is 4. The van der Waals surface area contributed by atoms with Crippen LogP contribution in [0.4, 0.5) is 5.82 Å². The number of halogens is 1. The van der Waals surface area contributed by atoms with Gasteiger partial charge in [-0.05, 0) is 63.5 Å². The second-order valence-corrected chi connectivity index (χ2v) is 6.02. The highest BCUT2D eigenvalue weighted by Gasteiger charge is 2.23. The fourth-order valence-electron chi connectivity index (χ4n) is 2.94. The lowest BCUT2D eigenvalue weighted by atomic mass is 9.90. The first-order chi connectivity index (χ1) is 9.63. The molecule has 0 aliphatic heterocycles. The van der Waals surface area contributed by atoms with Crippen molar-refractivity contribution in [3.05, 3.63) is 23.6 Å². The summed E-state index contributed by atoms with van der Waals surface area (Å²) in [7, 11) is 4.32. The highest BCUT2D eigenvalue weighted by molar-refractivity contribution is 6.28. The Hall–Kier alpha value is -1.33. The average molecular weight is 294 g/mol. The Morgan fingerprint density at radius 2 is 2.05 bits per heavy atom. The van der Waals surface area contributed by atoms with Crippen molar-refractivity contribution in [2.45, 2.75) is 37.8 Å². The summed E-state index contributed by atoms with van der Waals surface area (Å²) >= 11 is 5.97. The Morgan fingerprint density at radius 3 is 2.75 bits per heavy atom. The minimum absolute atomic E-state index is 0.276. The van der Waals surface area contributed by atoms with Crippen LogP contribution in [0.1, 0.15) is 25.7 Å². The fourth-order valence-corrected chi connectivity index (χ4v) is 3.11. The maximum absolute atomic E-state index is 5.97. The molecule has 1 aliphatic rings. The maximum Gasteiger partial charge on any atom is 0.243 e. The largest absolute Gasteiger partial charge is 0.365 e. The molecule has 3 rings (SSSR count). The van der Waals surface area contributed by atoms with E-state index in [-0.39, 0.29) is 5.28 Å². The van der Waals surface area contributed by atoms with Crippen LogP contribution in [0.25, 0.3) is 5.52 Å². The highest BCUT2D eigenvalue weighted by atomic mass is 35.5. The van der Waals surface area contributed by atoms with Gasteiger partial charge in [-0.3, -0.25) is 0 Å². The van der Waals surface area contributed by atoms with E-state index in [1.165, 1.54) is 12.8 Å². The molecule has 0 bridgehead atoms. The molecule has 0 unspecified atom stereocenters. The first kappa shape index (κ1) is 13.6. The topological polar surface area (TPSA) is 45.5 Å². The molecule has 0 spiro atoms. The first-order valence-electron chi connectivity index (χ1n) is 7.07. The van der Waals surface area contributed by atoms with Crippen LogP contribution < -0.4 is 5.32 Å². The molecule has 20 heavy (non-hydrogen) atoms. The monoisotopic (exact) mass is 293 g/mol. The first-order valence-corrected chi connectivity index (χ1v) is 7.45. The predicted octanol–water partition coefficient (Wildman–Crippen LogP) is 2.67. The van der Waals surface area contributed by atoms with Crippen LogP contribution in [0.5, 0.6) is 0 Å². The zero-order chi connectivity index (χ0) is 14.1. The zero-order valence-corrected chi connectivity index (χ0v) is 12.6. The van der Waals surface area contributed by atoms with Gasteiger partial charge < -0.3 is 10.2 Å². The molecule has 0 saturated heterocycles. The van der Waals surface area contributed by atoms with Crippen molar-refractivity contribution in [1.82, 2.24) is 19.5 Å². The molecule has 2 heterocycles. The summed E-state index contributed by atoms with van der Waals surface area (Å²) < 4.78 is 1.77. The summed E-state index contributed by atoms with van der Waals surface area (Å²) in [4.78, 5) is 6.66. The number of fused-ring (bicyclic) bond motifs is 1. The molecule has 1 N–H and O–H groups in total. The molecule has 1 aliphatic carbocycles. The Balaban J connectivity index is 1.73. The summed E-state index contributed by atoms with van der Waals surface area (Å²) in [6, 6.07) is 5.13. The van der Waals surface area contributed by atoms with Gasteiger partial charge >= 0.3 is 0 Å². The third-order valence-corrected chi connectivity index (χ3v) is 4.29. The molecule has 108 valence electrons. The van der Waals surface area contributed by atoms with Crippen molar-refractivity contribution in [2.75, 3.05) is 19.4 Å². The van der Waals surface area contributed by atoms with Gasteiger partial charge in [0.25, 0.3) is 0 Å². The van der Waals surface area contributed by atoms with E-state index >= 15 is 0 Å². The van der Waals surface area contributed by atoms with Crippen molar-refractivity contribution in [3.63, 3.8) is 0 Å². The van der Waals surface area contributed by atoms with E-state index in [0.29, 0.717) is 12.1 Å². The van der Waals surface area contributed by atoms with Crippen LogP contribution in [0, 0.1) is 0 Å². The lowest BCUT2D eigenvalue weighted by Gasteiger charge is -2.33. The highest BCUT2D eigenvalue weighted by Crippen LogP contribution is 2.25. The fraction of sp³-hybridized carbons (Fsp3) is 0.571. The van der Waals surface area contributed by atoms with Gasteiger partial charge in [-0.25, -0.2) is 4.52 Å². The van der Waals surface area contributed by atoms with Crippen LogP contribution in [-0.4, -0.2) is 45.7 Å². The third kappa shape index (κ3) is 2.74. The normalized spacial score (nSPS) is 23.4. The lowest BCUT2D eigenvalue weighted by Crippen LogP contribution is -2.36. The molecule has 0 atom stereocenters. The van der Waals surface area contributed by atoms with E-state index in [1.807, 2.05) is 18.3 Å². The average Bonchev–Trinajstić information content (AvgIpc) is 2.87. The number of nitrogens with zero attached hydrogens (tertiary/aromatic N) is 4. The van der Waals surface area contributed by atoms with E-state index in [2.05, 4.69) is 34.4 Å². The lowest BCUT2D eigenvalue weighted by molar-refractivity contribution is 0.221. The van der Waals surface area contributed by atoms with Crippen molar-refractivity contribution in [2.24, 2.45) is 0 Å². The second-order valence-electron chi connectivity index (χ2n) is 5.68. The second kappa shape index (κ2) is 5.58. The van der Waals surface area contributed by atoms with Gasteiger partial charge in [-0.15, -0.1) is 5.10 Å². The quantitative estimate of drug-likeness (QED) is 0.945. The Kier molecular flexibility index (Phi) is 3.81. The van der Waals surface area contributed by atoms with Crippen molar-refractivity contribution in [1.29, 1.82) is 0 Å². The smallest absolute Gasteiger partial charge is 0.243 e. The number of aromatic nitrogens is 3. The van der Waals surface area contributed by atoms with Gasteiger partial charge in [-0.2, -0.15) is 4.98 Å². The maximum atomic E-state index is 5.97. The molecule has 2 aromatic heterocycles. The molecule has 6 heteroatoms. The van der Waals surface area contributed by atoms with Crippen molar-refractivity contribution >= 4 is 22.9 Å². The van der Waals surface area contributed by atoms with Gasteiger partial charge in [0.05, 0.1) is 0 Å². The molecule has 0 amide bonds. The zero-order valence-electron chi connectivity index (χ0n) is 11.9. The van der Waals surface area contributed by atoms with Crippen molar-refractivity contribution < 1.29 is 0 Å². The molecule has 5 nitrogen and oxygen atoms in total. The standard InChI is InChI=1S/C14H20ClN5/c1-19(2)11-7-5-10(6-8-11)16-13-12-4-3-9-20(12)18-14(15)17-13/h3-4,9-11H,5-8H2,1-2H3,(H,16,17,18)/t10-,11-. The number of nitrogens with one attached hydrogen (secondary N) is 1. The van der Waals surface area contributed by atoms with Gasteiger partial charge in [0, 0.05) is 18.3 Å². The van der Waals surface area contributed by atoms with Crippen LogP contribution in [0.15, 0.2) is 18.3 Å². The van der Waals surface area contributed by atoms with Gasteiger partial charge in [0.15, 0.2) is 5.82 Å². The summed E-state index contributed by atoms with van der Waals surface area (Å²) in [6.45, 7) is 0.